The molecule has 2 aliphatic carbocycles. The van der Waals surface area contributed by atoms with E-state index in [1.807, 2.05) is 34.8 Å². The third kappa shape index (κ3) is 5.20. The average Bonchev–Trinajstić information content (AvgIpc) is 3.68. The molecule has 2 aromatic rings. The molecule has 0 saturated heterocycles. The van der Waals surface area contributed by atoms with Gasteiger partial charge in [0.2, 0.25) is 11.8 Å². The lowest BCUT2D eigenvalue weighted by Crippen LogP contribution is -2.44. The molecular weight excluding hydrogens is 396 g/mol. The van der Waals surface area contributed by atoms with Gasteiger partial charge in [0.1, 0.15) is 6.54 Å². The van der Waals surface area contributed by atoms with E-state index in [1.165, 1.54) is 18.2 Å². The van der Waals surface area contributed by atoms with Gasteiger partial charge in [-0.25, -0.2) is 0 Å². The Morgan fingerprint density at radius 1 is 1.10 bits per heavy atom. The Bertz CT molecular complexity index is 1000. The topological polar surface area (TPSA) is 88.7 Å². The van der Waals surface area contributed by atoms with E-state index in [9.17, 15) is 19.7 Å². The summed E-state index contributed by atoms with van der Waals surface area (Å²) in [5.41, 5.74) is 1.78. The summed E-state index contributed by atoms with van der Waals surface area (Å²) in [6.45, 7) is 0.632. The van der Waals surface area contributed by atoms with Crippen LogP contribution >= 0.6 is 0 Å². The van der Waals surface area contributed by atoms with Crippen LogP contribution in [-0.4, -0.2) is 49.7 Å². The molecule has 0 atom stereocenters. The van der Waals surface area contributed by atoms with Crippen LogP contribution in [0.2, 0.25) is 0 Å². The lowest BCUT2D eigenvalue weighted by atomic mass is 10.2. The molecule has 0 aliphatic heterocycles. The highest BCUT2D eigenvalue weighted by Gasteiger charge is 2.37. The summed E-state index contributed by atoms with van der Waals surface area (Å²) in [5, 5.41) is 10.8. The van der Waals surface area contributed by atoms with Crippen molar-refractivity contribution in [1.82, 2.24) is 14.4 Å². The number of benzene rings is 1. The van der Waals surface area contributed by atoms with E-state index >= 15 is 0 Å². The maximum atomic E-state index is 13.1. The van der Waals surface area contributed by atoms with Gasteiger partial charge >= 0.3 is 0 Å². The molecule has 1 aromatic heterocycles. The van der Waals surface area contributed by atoms with Crippen molar-refractivity contribution in [2.75, 3.05) is 6.54 Å². The predicted octanol–water partition coefficient (Wildman–Crippen LogP) is 3.13. The number of nitro benzene ring substituents is 1. The summed E-state index contributed by atoms with van der Waals surface area (Å²) < 4.78 is 2.01. The van der Waals surface area contributed by atoms with E-state index < -0.39 is 4.92 Å². The first-order valence-corrected chi connectivity index (χ1v) is 10.5. The molecule has 8 nitrogen and oxygen atoms in total. The molecule has 0 N–H and O–H groups in total. The lowest BCUT2D eigenvalue weighted by molar-refractivity contribution is -0.384. The molecule has 162 valence electrons. The Balaban J connectivity index is 1.42. The molecule has 2 aliphatic rings. The summed E-state index contributed by atoms with van der Waals surface area (Å²) >= 11 is 0. The number of amides is 2. The van der Waals surface area contributed by atoms with Crippen molar-refractivity contribution in [3.63, 3.8) is 0 Å². The minimum atomic E-state index is -0.458. The normalized spacial score (nSPS) is 15.8. The molecule has 0 spiro atoms. The van der Waals surface area contributed by atoms with Crippen molar-refractivity contribution in [2.45, 2.75) is 44.3 Å². The molecule has 4 rings (SSSR count). The first-order chi connectivity index (χ1) is 14.9. The van der Waals surface area contributed by atoms with Crippen LogP contribution in [0.5, 0.6) is 0 Å². The number of non-ortho nitro benzene ring substituents is 1. The van der Waals surface area contributed by atoms with Crippen LogP contribution in [0.3, 0.4) is 0 Å². The molecule has 0 bridgehead atoms. The second kappa shape index (κ2) is 8.75. The van der Waals surface area contributed by atoms with E-state index in [0.29, 0.717) is 12.1 Å². The summed E-state index contributed by atoms with van der Waals surface area (Å²) in [6, 6.07) is 10.4. The molecule has 1 heterocycles. The third-order valence-corrected chi connectivity index (χ3v) is 5.79. The van der Waals surface area contributed by atoms with Gasteiger partial charge in [-0.15, -0.1) is 0 Å². The summed E-state index contributed by atoms with van der Waals surface area (Å²) in [4.78, 5) is 39.8. The van der Waals surface area contributed by atoms with Crippen molar-refractivity contribution in [3.8, 4) is 0 Å². The molecule has 2 amide bonds. The van der Waals surface area contributed by atoms with E-state index in [0.717, 1.165) is 31.4 Å². The smallest absolute Gasteiger partial charge is 0.269 e. The van der Waals surface area contributed by atoms with Crippen molar-refractivity contribution < 1.29 is 14.5 Å². The van der Waals surface area contributed by atoms with Gasteiger partial charge in [0.15, 0.2) is 0 Å². The number of hydrogen-bond acceptors (Lipinski definition) is 4. The summed E-state index contributed by atoms with van der Waals surface area (Å²) in [5.74, 6) is -0.225. The second-order valence-corrected chi connectivity index (χ2v) is 8.24. The Morgan fingerprint density at radius 3 is 2.29 bits per heavy atom. The summed E-state index contributed by atoms with van der Waals surface area (Å²) in [6.07, 6.45) is 8.88. The monoisotopic (exact) mass is 422 g/mol. The highest BCUT2D eigenvalue weighted by atomic mass is 16.6. The molecule has 8 heteroatoms. The zero-order chi connectivity index (χ0) is 22.0. The zero-order valence-electron chi connectivity index (χ0n) is 17.5. The SMILES string of the molecule is Cn1cccc1CN(C(=O)CN(C(=O)C=Cc1ccc([N+](=O)[O-])cc1)C1CC1)C1CC1. The second-order valence-electron chi connectivity index (χ2n) is 8.24. The summed E-state index contributed by atoms with van der Waals surface area (Å²) in [7, 11) is 1.97. The maximum absolute atomic E-state index is 13.1. The van der Waals surface area contributed by atoms with Crippen LogP contribution in [0.1, 0.15) is 36.9 Å². The number of nitro groups is 1. The minimum absolute atomic E-state index is 0.00655. The van der Waals surface area contributed by atoms with Gasteiger partial charge in [-0.05, 0) is 61.6 Å². The van der Waals surface area contributed by atoms with Crippen LogP contribution in [0.4, 0.5) is 5.69 Å². The number of hydrogen-bond donors (Lipinski definition) is 0. The first kappa shape index (κ1) is 20.8. The van der Waals surface area contributed by atoms with E-state index in [-0.39, 0.29) is 36.1 Å². The van der Waals surface area contributed by atoms with Crippen molar-refractivity contribution >= 4 is 23.6 Å². The zero-order valence-corrected chi connectivity index (χ0v) is 17.5. The Labute approximate surface area is 180 Å². The molecule has 0 unspecified atom stereocenters. The van der Waals surface area contributed by atoms with Gasteiger partial charge in [-0.3, -0.25) is 19.7 Å². The molecule has 1 aromatic carbocycles. The Hall–Kier alpha value is -3.42. The van der Waals surface area contributed by atoms with Crippen LogP contribution < -0.4 is 0 Å². The van der Waals surface area contributed by atoms with E-state index in [2.05, 4.69) is 0 Å². The van der Waals surface area contributed by atoms with Crippen LogP contribution in [-0.2, 0) is 23.2 Å². The number of aryl methyl sites for hydroxylation is 1. The largest absolute Gasteiger partial charge is 0.353 e. The van der Waals surface area contributed by atoms with Gasteiger partial charge < -0.3 is 14.4 Å². The standard InChI is InChI=1S/C23H26N4O4/c1-24-14-2-3-21(24)15-25(18-9-10-18)23(29)16-26(19-11-12-19)22(28)13-6-17-4-7-20(8-5-17)27(30)31/h2-8,13-14,18-19H,9-12,15-16H2,1H3. The van der Waals surface area contributed by atoms with Crippen LogP contribution in [0.25, 0.3) is 6.08 Å². The van der Waals surface area contributed by atoms with Crippen LogP contribution in [0, 0.1) is 10.1 Å². The fraction of sp³-hybridized carbons (Fsp3) is 0.391. The number of nitrogens with zero attached hydrogens (tertiary/aromatic N) is 4. The Morgan fingerprint density at radius 2 is 1.74 bits per heavy atom. The van der Waals surface area contributed by atoms with Crippen molar-refractivity contribution in [3.05, 3.63) is 70.0 Å². The maximum Gasteiger partial charge on any atom is 0.269 e. The fourth-order valence-electron chi connectivity index (χ4n) is 3.62. The number of rotatable bonds is 9. The minimum Gasteiger partial charge on any atom is -0.353 e. The van der Waals surface area contributed by atoms with E-state index in [4.69, 9.17) is 0 Å². The molecule has 31 heavy (non-hydrogen) atoms. The predicted molar refractivity (Wildman–Crippen MR) is 116 cm³/mol. The molecule has 2 saturated carbocycles. The van der Waals surface area contributed by atoms with Gasteiger partial charge in [0.05, 0.1) is 11.5 Å². The fourth-order valence-corrected chi connectivity index (χ4v) is 3.62. The number of aromatic nitrogens is 1. The highest BCUT2D eigenvalue weighted by Crippen LogP contribution is 2.31. The van der Waals surface area contributed by atoms with Gasteiger partial charge in [-0.1, -0.05) is 0 Å². The molecule has 2 fully saturated rings. The van der Waals surface area contributed by atoms with Gasteiger partial charge in [0, 0.05) is 49.2 Å². The van der Waals surface area contributed by atoms with E-state index in [1.54, 1.807) is 23.1 Å². The highest BCUT2D eigenvalue weighted by molar-refractivity contribution is 5.95. The third-order valence-electron chi connectivity index (χ3n) is 5.79. The molecule has 0 radical (unpaired) electrons. The van der Waals surface area contributed by atoms with Crippen LogP contribution in [0.15, 0.2) is 48.7 Å². The lowest BCUT2D eigenvalue weighted by Gasteiger charge is -2.27. The van der Waals surface area contributed by atoms with Crippen molar-refractivity contribution in [1.29, 1.82) is 0 Å². The quantitative estimate of drug-likeness (QED) is 0.353. The Kier molecular flexibility index (Phi) is 5.88. The number of carbonyl (C=O) groups excluding carboxylic acids is 2. The van der Waals surface area contributed by atoms with Crippen molar-refractivity contribution in [2.24, 2.45) is 7.05 Å². The number of carbonyl (C=O) groups is 2. The van der Waals surface area contributed by atoms with Gasteiger partial charge in [-0.2, -0.15) is 0 Å². The van der Waals surface area contributed by atoms with Gasteiger partial charge in [0.25, 0.3) is 5.69 Å². The molecular formula is C23H26N4O4. The average molecular weight is 422 g/mol. The first-order valence-electron chi connectivity index (χ1n) is 10.5.